The first-order valence-corrected chi connectivity index (χ1v) is 7.75. The summed E-state index contributed by atoms with van der Waals surface area (Å²) in [5, 5.41) is 3.83. The maximum Gasteiger partial charge on any atom is 0.00697 e. The quantitative estimate of drug-likeness (QED) is 0.713. The highest BCUT2D eigenvalue weighted by atomic mass is 14.9. The molecule has 0 aliphatic heterocycles. The third kappa shape index (κ3) is 5.90. The van der Waals surface area contributed by atoms with Crippen LogP contribution in [0, 0.1) is 17.8 Å². The summed E-state index contributed by atoms with van der Waals surface area (Å²) in [5.41, 5.74) is 0. The van der Waals surface area contributed by atoms with E-state index in [9.17, 15) is 0 Å². The molecule has 0 heterocycles. The smallest absolute Gasteiger partial charge is 0.00697 e. The highest BCUT2D eigenvalue weighted by molar-refractivity contribution is 4.80. The van der Waals surface area contributed by atoms with E-state index < -0.39 is 0 Å². The summed E-state index contributed by atoms with van der Waals surface area (Å²) in [7, 11) is 0. The molecule has 1 N–H and O–H groups in total. The van der Waals surface area contributed by atoms with Crippen molar-refractivity contribution in [1.82, 2.24) is 5.32 Å². The summed E-state index contributed by atoms with van der Waals surface area (Å²) in [5.74, 6) is 2.71. The number of hydrogen-bond acceptors (Lipinski definition) is 1. The van der Waals surface area contributed by atoms with Crippen LogP contribution in [0.1, 0.15) is 73.1 Å². The van der Waals surface area contributed by atoms with Crippen molar-refractivity contribution in [2.24, 2.45) is 17.8 Å². The van der Waals surface area contributed by atoms with Crippen LogP contribution in [-0.2, 0) is 0 Å². The number of hydrogen-bond donors (Lipinski definition) is 1. The zero-order valence-corrected chi connectivity index (χ0v) is 12.6. The van der Waals surface area contributed by atoms with E-state index >= 15 is 0 Å². The monoisotopic (exact) mass is 239 g/mol. The molecule has 0 saturated heterocycles. The molecule has 1 nitrogen and oxygen atoms in total. The normalized spacial score (nSPS) is 27.7. The minimum Gasteiger partial charge on any atom is -0.312 e. The van der Waals surface area contributed by atoms with Crippen molar-refractivity contribution in [3.05, 3.63) is 0 Å². The Hall–Kier alpha value is -0.0400. The molecular formula is C16H33N. The lowest BCUT2D eigenvalue weighted by atomic mass is 9.79. The Morgan fingerprint density at radius 1 is 0.882 bits per heavy atom. The van der Waals surface area contributed by atoms with Crippen molar-refractivity contribution in [2.75, 3.05) is 0 Å². The second-order valence-corrected chi connectivity index (χ2v) is 6.89. The Bertz CT molecular complexity index is 190. The van der Waals surface area contributed by atoms with Crippen LogP contribution in [0.5, 0.6) is 0 Å². The van der Waals surface area contributed by atoms with Crippen molar-refractivity contribution in [3.63, 3.8) is 0 Å². The molecule has 1 saturated carbocycles. The van der Waals surface area contributed by atoms with E-state index in [4.69, 9.17) is 0 Å². The molecule has 1 unspecified atom stereocenters. The molecule has 0 aromatic heterocycles. The fraction of sp³-hybridized carbons (Fsp3) is 1.00. The number of rotatable bonds is 6. The van der Waals surface area contributed by atoms with Gasteiger partial charge >= 0.3 is 0 Å². The standard InChI is InChI=1S/C16H33N/c1-12(2)6-7-14(5)17-16-10-8-15(9-11-16)13(3)4/h12-17H,6-11H2,1-5H3. The number of nitrogens with one attached hydrogen (secondary N) is 1. The van der Waals surface area contributed by atoms with Crippen LogP contribution < -0.4 is 5.32 Å². The van der Waals surface area contributed by atoms with Gasteiger partial charge in [0.2, 0.25) is 0 Å². The van der Waals surface area contributed by atoms with E-state index in [1.165, 1.54) is 38.5 Å². The van der Waals surface area contributed by atoms with E-state index in [1.807, 2.05) is 0 Å². The predicted octanol–water partition coefficient (Wildman–Crippen LogP) is 4.62. The van der Waals surface area contributed by atoms with Gasteiger partial charge < -0.3 is 5.32 Å². The molecule has 0 aromatic rings. The molecule has 1 rings (SSSR count). The molecule has 1 aliphatic rings. The fourth-order valence-corrected chi connectivity index (χ4v) is 3.02. The van der Waals surface area contributed by atoms with Gasteiger partial charge in [-0.2, -0.15) is 0 Å². The fourth-order valence-electron chi connectivity index (χ4n) is 3.02. The molecule has 1 aliphatic carbocycles. The zero-order chi connectivity index (χ0) is 12.8. The van der Waals surface area contributed by atoms with Gasteiger partial charge in [-0.25, -0.2) is 0 Å². The molecule has 1 heteroatoms. The molecule has 0 bridgehead atoms. The first-order chi connectivity index (χ1) is 7.99. The van der Waals surface area contributed by atoms with Crippen LogP contribution in [0.25, 0.3) is 0 Å². The van der Waals surface area contributed by atoms with Gasteiger partial charge in [-0.3, -0.25) is 0 Å². The van der Waals surface area contributed by atoms with E-state index in [0.717, 1.165) is 23.8 Å². The molecule has 17 heavy (non-hydrogen) atoms. The minimum atomic E-state index is 0.706. The van der Waals surface area contributed by atoms with Crippen LogP contribution in [0.3, 0.4) is 0 Å². The first-order valence-electron chi connectivity index (χ1n) is 7.75. The van der Waals surface area contributed by atoms with E-state index in [2.05, 4.69) is 39.9 Å². The summed E-state index contributed by atoms with van der Waals surface area (Å²) in [6, 6.07) is 1.50. The highest BCUT2D eigenvalue weighted by Gasteiger charge is 2.23. The molecule has 102 valence electrons. The van der Waals surface area contributed by atoms with Crippen molar-refractivity contribution in [1.29, 1.82) is 0 Å². The molecule has 0 spiro atoms. The summed E-state index contributed by atoms with van der Waals surface area (Å²) in [6.45, 7) is 11.8. The molecule has 1 atom stereocenters. The lowest BCUT2D eigenvalue weighted by Gasteiger charge is -2.33. The summed E-state index contributed by atoms with van der Waals surface area (Å²) in [4.78, 5) is 0. The average molecular weight is 239 g/mol. The first kappa shape index (κ1) is 15.0. The van der Waals surface area contributed by atoms with Gasteiger partial charge in [-0.15, -0.1) is 0 Å². The van der Waals surface area contributed by atoms with E-state index in [0.29, 0.717) is 6.04 Å². The van der Waals surface area contributed by atoms with Gasteiger partial charge in [0.15, 0.2) is 0 Å². The highest BCUT2D eigenvalue weighted by Crippen LogP contribution is 2.30. The molecule has 1 fully saturated rings. The molecule has 0 amide bonds. The third-order valence-electron chi connectivity index (χ3n) is 4.41. The third-order valence-corrected chi connectivity index (χ3v) is 4.41. The Balaban J connectivity index is 2.17. The summed E-state index contributed by atoms with van der Waals surface area (Å²) in [6.07, 6.45) is 8.36. The Morgan fingerprint density at radius 3 is 1.94 bits per heavy atom. The lowest BCUT2D eigenvalue weighted by Crippen LogP contribution is -2.39. The van der Waals surface area contributed by atoms with Crippen molar-refractivity contribution >= 4 is 0 Å². The SMILES string of the molecule is CC(C)CCC(C)NC1CCC(C(C)C)CC1. The Labute approximate surface area is 109 Å². The molecular weight excluding hydrogens is 206 g/mol. The van der Waals surface area contributed by atoms with Crippen LogP contribution in [0.15, 0.2) is 0 Å². The summed E-state index contributed by atoms with van der Waals surface area (Å²) < 4.78 is 0. The van der Waals surface area contributed by atoms with Gasteiger partial charge in [-0.1, -0.05) is 27.7 Å². The van der Waals surface area contributed by atoms with Gasteiger partial charge in [0.25, 0.3) is 0 Å². The molecule has 0 aromatic carbocycles. The van der Waals surface area contributed by atoms with Gasteiger partial charge in [0, 0.05) is 12.1 Å². The topological polar surface area (TPSA) is 12.0 Å². The lowest BCUT2D eigenvalue weighted by molar-refractivity contribution is 0.227. The summed E-state index contributed by atoms with van der Waals surface area (Å²) >= 11 is 0. The van der Waals surface area contributed by atoms with Gasteiger partial charge in [0.05, 0.1) is 0 Å². The van der Waals surface area contributed by atoms with Gasteiger partial charge in [-0.05, 0) is 63.2 Å². The Kier molecular flexibility index (Phi) is 6.54. The van der Waals surface area contributed by atoms with Crippen molar-refractivity contribution in [2.45, 2.75) is 85.2 Å². The second-order valence-electron chi connectivity index (χ2n) is 6.89. The van der Waals surface area contributed by atoms with Crippen LogP contribution >= 0.6 is 0 Å². The van der Waals surface area contributed by atoms with Crippen molar-refractivity contribution in [3.8, 4) is 0 Å². The maximum atomic E-state index is 3.83. The second kappa shape index (κ2) is 7.41. The largest absolute Gasteiger partial charge is 0.312 e. The maximum absolute atomic E-state index is 3.83. The molecule has 0 radical (unpaired) electrons. The van der Waals surface area contributed by atoms with Crippen molar-refractivity contribution < 1.29 is 0 Å². The van der Waals surface area contributed by atoms with E-state index in [-0.39, 0.29) is 0 Å². The van der Waals surface area contributed by atoms with Gasteiger partial charge in [0.1, 0.15) is 0 Å². The average Bonchev–Trinajstić information content (AvgIpc) is 2.27. The van der Waals surface area contributed by atoms with E-state index in [1.54, 1.807) is 0 Å². The predicted molar refractivity (Wildman–Crippen MR) is 77.3 cm³/mol. The minimum absolute atomic E-state index is 0.706. The van der Waals surface area contributed by atoms with Crippen LogP contribution in [0.2, 0.25) is 0 Å². The Morgan fingerprint density at radius 2 is 1.47 bits per heavy atom. The zero-order valence-electron chi connectivity index (χ0n) is 12.6. The van der Waals surface area contributed by atoms with Crippen LogP contribution in [0.4, 0.5) is 0 Å². The van der Waals surface area contributed by atoms with Crippen LogP contribution in [-0.4, -0.2) is 12.1 Å².